The summed E-state index contributed by atoms with van der Waals surface area (Å²) < 4.78 is 2.45. The van der Waals surface area contributed by atoms with Gasteiger partial charge in [0.25, 0.3) is 0 Å². The van der Waals surface area contributed by atoms with Crippen LogP contribution in [0.3, 0.4) is 0 Å². The van der Waals surface area contributed by atoms with Crippen LogP contribution in [0.4, 0.5) is 17.1 Å². The smallest absolute Gasteiger partial charge is 0.0562 e. The molecule has 0 atom stereocenters. The van der Waals surface area contributed by atoms with E-state index in [0.29, 0.717) is 0 Å². The Bertz CT molecular complexity index is 2590. The van der Waals surface area contributed by atoms with E-state index in [0.717, 1.165) is 17.1 Å². The van der Waals surface area contributed by atoms with Gasteiger partial charge in [-0.15, -0.1) is 0 Å². The monoisotopic (exact) mass is 666 g/mol. The summed E-state index contributed by atoms with van der Waals surface area (Å²) >= 11 is 0. The summed E-state index contributed by atoms with van der Waals surface area (Å²) in [5.41, 5.74) is 16.7. The Labute approximate surface area is 305 Å². The number of para-hydroxylation sites is 2. The molecular formula is C50H38N2. The molecule has 0 saturated heterocycles. The summed E-state index contributed by atoms with van der Waals surface area (Å²) in [4.78, 5) is 2.38. The molecule has 1 aromatic heterocycles. The van der Waals surface area contributed by atoms with Crippen molar-refractivity contribution in [1.82, 2.24) is 4.57 Å². The highest BCUT2D eigenvalue weighted by molar-refractivity contribution is 6.11. The predicted octanol–water partition coefficient (Wildman–Crippen LogP) is 13.9. The van der Waals surface area contributed by atoms with Gasteiger partial charge in [0.2, 0.25) is 0 Å². The molecule has 2 heteroatoms. The van der Waals surface area contributed by atoms with Gasteiger partial charge in [0.1, 0.15) is 0 Å². The van der Waals surface area contributed by atoms with E-state index in [1.54, 1.807) is 0 Å². The number of benzene rings is 8. The molecule has 0 aliphatic heterocycles. The zero-order chi connectivity index (χ0) is 35.0. The van der Waals surface area contributed by atoms with E-state index in [9.17, 15) is 0 Å². The molecule has 0 aliphatic rings. The van der Waals surface area contributed by atoms with Gasteiger partial charge in [0, 0.05) is 33.4 Å². The number of hydrogen-bond donors (Lipinski definition) is 0. The molecule has 0 bridgehead atoms. The highest BCUT2D eigenvalue weighted by Crippen LogP contribution is 2.42. The second-order valence-electron chi connectivity index (χ2n) is 13.5. The van der Waals surface area contributed by atoms with Gasteiger partial charge in [-0.1, -0.05) is 146 Å². The standard InChI is InChI=1S/C50H38N2/c1-35-21-22-41(33-36(35)2)45-17-9-11-19-48(45)52-49-20-12-10-18-46(49)47-32-31-44(34-50(47)52)51(42-27-23-39(24-28-42)37-13-5-3-6-14-37)43-29-25-40(26-30-43)38-15-7-4-8-16-38/h3-34H,1-2H3. The molecule has 8 aromatic carbocycles. The zero-order valence-corrected chi connectivity index (χ0v) is 29.4. The summed E-state index contributed by atoms with van der Waals surface area (Å²) in [5.74, 6) is 0. The van der Waals surface area contributed by atoms with E-state index in [-0.39, 0.29) is 0 Å². The second-order valence-corrected chi connectivity index (χ2v) is 13.5. The Morgan fingerprint density at radius 1 is 0.346 bits per heavy atom. The van der Waals surface area contributed by atoms with Crippen molar-refractivity contribution in [2.75, 3.05) is 4.90 Å². The Kier molecular flexibility index (Phi) is 7.98. The Morgan fingerprint density at radius 2 is 0.846 bits per heavy atom. The molecule has 9 aromatic rings. The number of anilines is 3. The van der Waals surface area contributed by atoms with Gasteiger partial charge >= 0.3 is 0 Å². The number of rotatable bonds is 7. The largest absolute Gasteiger partial charge is 0.310 e. The van der Waals surface area contributed by atoms with Crippen LogP contribution in [0.1, 0.15) is 11.1 Å². The van der Waals surface area contributed by atoms with Crippen LogP contribution >= 0.6 is 0 Å². The molecule has 0 radical (unpaired) electrons. The minimum atomic E-state index is 1.10. The van der Waals surface area contributed by atoms with Crippen molar-refractivity contribution >= 4 is 38.9 Å². The summed E-state index contributed by atoms with van der Waals surface area (Å²) in [5, 5.41) is 2.47. The summed E-state index contributed by atoms with van der Waals surface area (Å²) in [7, 11) is 0. The number of fused-ring (bicyclic) bond motifs is 3. The number of aryl methyl sites for hydroxylation is 2. The fourth-order valence-electron chi connectivity index (χ4n) is 7.49. The van der Waals surface area contributed by atoms with Gasteiger partial charge in [0.15, 0.2) is 0 Å². The average Bonchev–Trinajstić information content (AvgIpc) is 3.54. The lowest BCUT2D eigenvalue weighted by Gasteiger charge is -2.26. The van der Waals surface area contributed by atoms with Crippen molar-refractivity contribution in [1.29, 1.82) is 0 Å². The van der Waals surface area contributed by atoms with Crippen molar-refractivity contribution in [2.24, 2.45) is 0 Å². The van der Waals surface area contributed by atoms with Crippen LogP contribution in [0.25, 0.3) is 60.9 Å². The predicted molar refractivity (Wildman–Crippen MR) is 221 cm³/mol. The molecule has 2 nitrogen and oxygen atoms in total. The van der Waals surface area contributed by atoms with E-state index in [1.807, 2.05) is 0 Å². The lowest BCUT2D eigenvalue weighted by molar-refractivity contribution is 1.18. The summed E-state index contributed by atoms with van der Waals surface area (Å²) in [6.45, 7) is 4.37. The van der Waals surface area contributed by atoms with Crippen LogP contribution in [-0.2, 0) is 0 Å². The molecule has 0 saturated carbocycles. The number of nitrogens with zero attached hydrogens (tertiary/aromatic N) is 2. The van der Waals surface area contributed by atoms with Gasteiger partial charge < -0.3 is 9.47 Å². The molecule has 0 aliphatic carbocycles. The van der Waals surface area contributed by atoms with Crippen LogP contribution in [0, 0.1) is 13.8 Å². The molecular weight excluding hydrogens is 629 g/mol. The van der Waals surface area contributed by atoms with Crippen LogP contribution in [0.5, 0.6) is 0 Å². The van der Waals surface area contributed by atoms with Gasteiger partial charge in [-0.2, -0.15) is 0 Å². The molecule has 9 rings (SSSR count). The minimum absolute atomic E-state index is 1.10. The van der Waals surface area contributed by atoms with E-state index in [4.69, 9.17) is 0 Å². The van der Waals surface area contributed by atoms with Gasteiger partial charge in [-0.3, -0.25) is 0 Å². The molecule has 1 heterocycles. The van der Waals surface area contributed by atoms with E-state index >= 15 is 0 Å². The Balaban J connectivity index is 1.24. The van der Waals surface area contributed by atoms with Crippen molar-refractivity contribution in [3.63, 3.8) is 0 Å². The average molecular weight is 667 g/mol. The van der Waals surface area contributed by atoms with Crippen molar-refractivity contribution in [3.05, 3.63) is 205 Å². The Hall–Kier alpha value is -6.64. The van der Waals surface area contributed by atoms with Crippen molar-refractivity contribution in [3.8, 4) is 39.1 Å². The number of aromatic nitrogens is 1. The highest BCUT2D eigenvalue weighted by atomic mass is 15.1. The third kappa shape index (κ3) is 5.65. The first-order valence-electron chi connectivity index (χ1n) is 17.9. The minimum Gasteiger partial charge on any atom is -0.310 e. The topological polar surface area (TPSA) is 8.17 Å². The fourth-order valence-corrected chi connectivity index (χ4v) is 7.49. The van der Waals surface area contributed by atoms with Gasteiger partial charge in [0.05, 0.1) is 16.7 Å². The lowest BCUT2D eigenvalue weighted by Crippen LogP contribution is -2.10. The fraction of sp³-hybridized carbons (Fsp3) is 0.0400. The second kappa shape index (κ2) is 13.2. The SMILES string of the molecule is Cc1ccc(-c2ccccc2-n2c3ccccc3c3ccc(N(c4ccc(-c5ccccc5)cc4)c4ccc(-c5ccccc5)cc4)cc32)cc1C. The lowest BCUT2D eigenvalue weighted by atomic mass is 9.99. The maximum atomic E-state index is 2.45. The maximum absolute atomic E-state index is 2.45. The van der Waals surface area contributed by atoms with Crippen LogP contribution < -0.4 is 4.90 Å². The first-order chi connectivity index (χ1) is 25.6. The molecule has 0 amide bonds. The van der Waals surface area contributed by atoms with Crippen LogP contribution in [0.15, 0.2) is 194 Å². The van der Waals surface area contributed by atoms with E-state index < -0.39 is 0 Å². The van der Waals surface area contributed by atoms with Crippen molar-refractivity contribution < 1.29 is 0 Å². The molecule has 0 unspecified atom stereocenters. The molecule has 0 N–H and O–H groups in total. The molecule has 248 valence electrons. The van der Waals surface area contributed by atoms with E-state index in [1.165, 1.54) is 72.0 Å². The summed E-state index contributed by atoms with van der Waals surface area (Å²) in [6, 6.07) is 70.3. The number of hydrogen-bond acceptors (Lipinski definition) is 1. The van der Waals surface area contributed by atoms with E-state index in [2.05, 4.69) is 217 Å². The maximum Gasteiger partial charge on any atom is 0.0562 e. The van der Waals surface area contributed by atoms with Crippen molar-refractivity contribution in [2.45, 2.75) is 13.8 Å². The molecule has 0 spiro atoms. The van der Waals surface area contributed by atoms with Crippen LogP contribution in [-0.4, -0.2) is 4.57 Å². The zero-order valence-electron chi connectivity index (χ0n) is 29.4. The quantitative estimate of drug-likeness (QED) is 0.164. The highest BCUT2D eigenvalue weighted by Gasteiger charge is 2.19. The van der Waals surface area contributed by atoms with Gasteiger partial charge in [-0.05, 0) is 101 Å². The summed E-state index contributed by atoms with van der Waals surface area (Å²) in [6.07, 6.45) is 0. The first-order valence-corrected chi connectivity index (χ1v) is 17.9. The normalized spacial score (nSPS) is 11.3. The third-order valence-corrected chi connectivity index (χ3v) is 10.3. The van der Waals surface area contributed by atoms with Gasteiger partial charge in [-0.25, -0.2) is 0 Å². The molecule has 52 heavy (non-hydrogen) atoms. The first kappa shape index (κ1) is 31.3. The third-order valence-electron chi connectivity index (χ3n) is 10.3. The van der Waals surface area contributed by atoms with Crippen LogP contribution in [0.2, 0.25) is 0 Å². The Morgan fingerprint density at radius 3 is 1.48 bits per heavy atom. The molecule has 0 fully saturated rings.